The van der Waals surface area contributed by atoms with Gasteiger partial charge in [0.25, 0.3) is 0 Å². The van der Waals surface area contributed by atoms with Gasteiger partial charge in [0.1, 0.15) is 12.4 Å². The molecule has 5 heteroatoms. The van der Waals surface area contributed by atoms with Crippen molar-refractivity contribution < 1.29 is 13.9 Å². The molecule has 0 unspecified atom stereocenters. The SMILES string of the molecule is NCCCNC(=O)OCc1ccccc1F. The highest BCUT2D eigenvalue weighted by Gasteiger charge is 2.04. The van der Waals surface area contributed by atoms with Crippen LogP contribution < -0.4 is 11.1 Å². The Morgan fingerprint density at radius 3 is 2.88 bits per heavy atom. The summed E-state index contributed by atoms with van der Waals surface area (Å²) in [7, 11) is 0. The number of hydrogen-bond acceptors (Lipinski definition) is 3. The fourth-order valence-electron chi connectivity index (χ4n) is 1.10. The predicted molar refractivity (Wildman–Crippen MR) is 58.3 cm³/mol. The summed E-state index contributed by atoms with van der Waals surface area (Å²) in [5.41, 5.74) is 5.62. The molecule has 88 valence electrons. The van der Waals surface area contributed by atoms with Gasteiger partial charge in [0, 0.05) is 12.1 Å². The topological polar surface area (TPSA) is 64.3 Å². The number of halogens is 1. The molecule has 0 radical (unpaired) electrons. The Labute approximate surface area is 93.6 Å². The van der Waals surface area contributed by atoms with E-state index in [2.05, 4.69) is 5.32 Å². The Bertz CT molecular complexity index is 345. The molecule has 0 aliphatic heterocycles. The Morgan fingerprint density at radius 1 is 1.44 bits per heavy atom. The Balaban J connectivity index is 2.29. The Morgan fingerprint density at radius 2 is 2.19 bits per heavy atom. The molecular formula is C11H15FN2O2. The third-order valence-corrected chi connectivity index (χ3v) is 1.97. The van der Waals surface area contributed by atoms with Gasteiger partial charge in [-0.05, 0) is 19.0 Å². The minimum Gasteiger partial charge on any atom is -0.445 e. The maximum Gasteiger partial charge on any atom is 0.407 e. The molecule has 1 amide bonds. The highest BCUT2D eigenvalue weighted by Crippen LogP contribution is 2.07. The molecule has 0 saturated carbocycles. The van der Waals surface area contributed by atoms with Crippen LogP contribution in [0.4, 0.5) is 9.18 Å². The molecule has 0 heterocycles. The van der Waals surface area contributed by atoms with Gasteiger partial charge in [-0.2, -0.15) is 0 Å². The number of amides is 1. The van der Waals surface area contributed by atoms with Gasteiger partial charge in [-0.15, -0.1) is 0 Å². The van der Waals surface area contributed by atoms with Crippen molar-refractivity contribution in [2.75, 3.05) is 13.1 Å². The number of carbonyl (C=O) groups is 1. The summed E-state index contributed by atoms with van der Waals surface area (Å²) in [5.74, 6) is -0.378. The standard InChI is InChI=1S/C11H15FN2O2/c12-10-5-2-1-4-9(10)8-16-11(15)14-7-3-6-13/h1-2,4-5H,3,6-8,13H2,(H,14,15). The summed E-state index contributed by atoms with van der Waals surface area (Å²) in [6, 6.07) is 6.17. The first-order valence-corrected chi connectivity index (χ1v) is 5.08. The van der Waals surface area contributed by atoms with Crippen LogP contribution in [0.5, 0.6) is 0 Å². The number of rotatable bonds is 5. The van der Waals surface area contributed by atoms with Crippen LogP contribution >= 0.6 is 0 Å². The first-order chi connectivity index (χ1) is 7.74. The molecule has 0 spiro atoms. The van der Waals surface area contributed by atoms with E-state index >= 15 is 0 Å². The minimum absolute atomic E-state index is 0.0683. The lowest BCUT2D eigenvalue weighted by Gasteiger charge is -2.06. The third kappa shape index (κ3) is 4.27. The molecule has 0 aromatic heterocycles. The summed E-state index contributed by atoms with van der Waals surface area (Å²) in [6.45, 7) is 0.904. The van der Waals surface area contributed by atoms with Crippen molar-refractivity contribution in [2.45, 2.75) is 13.0 Å². The van der Waals surface area contributed by atoms with Crippen LogP contribution in [-0.2, 0) is 11.3 Å². The molecule has 4 nitrogen and oxygen atoms in total. The quantitative estimate of drug-likeness (QED) is 0.746. The molecule has 1 rings (SSSR count). The molecule has 0 fully saturated rings. The second kappa shape index (κ2) is 6.79. The monoisotopic (exact) mass is 226 g/mol. The van der Waals surface area contributed by atoms with Crippen molar-refractivity contribution in [1.29, 1.82) is 0 Å². The number of benzene rings is 1. The van der Waals surface area contributed by atoms with Crippen molar-refractivity contribution in [3.63, 3.8) is 0 Å². The second-order valence-corrected chi connectivity index (χ2v) is 3.24. The molecule has 16 heavy (non-hydrogen) atoms. The third-order valence-electron chi connectivity index (χ3n) is 1.97. The van der Waals surface area contributed by atoms with Crippen LogP contribution in [0.2, 0.25) is 0 Å². The molecule has 1 aromatic carbocycles. The van der Waals surface area contributed by atoms with Gasteiger partial charge in [-0.1, -0.05) is 18.2 Å². The maximum absolute atomic E-state index is 13.1. The molecule has 0 aliphatic carbocycles. The molecule has 0 saturated heterocycles. The summed E-state index contributed by atoms with van der Waals surface area (Å²) >= 11 is 0. The van der Waals surface area contributed by atoms with E-state index in [0.29, 0.717) is 25.1 Å². The van der Waals surface area contributed by atoms with E-state index in [1.165, 1.54) is 6.07 Å². The van der Waals surface area contributed by atoms with Crippen molar-refractivity contribution in [1.82, 2.24) is 5.32 Å². The molecular weight excluding hydrogens is 211 g/mol. The lowest BCUT2D eigenvalue weighted by Crippen LogP contribution is -2.26. The second-order valence-electron chi connectivity index (χ2n) is 3.24. The smallest absolute Gasteiger partial charge is 0.407 e. The Hall–Kier alpha value is -1.62. The van der Waals surface area contributed by atoms with Gasteiger partial charge in [0.05, 0.1) is 0 Å². The van der Waals surface area contributed by atoms with Crippen molar-refractivity contribution in [3.05, 3.63) is 35.6 Å². The van der Waals surface area contributed by atoms with Crippen LogP contribution in [-0.4, -0.2) is 19.2 Å². The fraction of sp³-hybridized carbons (Fsp3) is 0.364. The van der Waals surface area contributed by atoms with Gasteiger partial charge in [0.15, 0.2) is 0 Å². The number of alkyl carbamates (subject to hydrolysis) is 1. The van der Waals surface area contributed by atoms with Crippen molar-refractivity contribution in [2.24, 2.45) is 5.73 Å². The van der Waals surface area contributed by atoms with E-state index in [4.69, 9.17) is 10.5 Å². The Kier molecular flexibility index (Phi) is 5.28. The first kappa shape index (κ1) is 12.4. The van der Waals surface area contributed by atoms with E-state index < -0.39 is 6.09 Å². The zero-order chi connectivity index (χ0) is 11.8. The summed E-state index contributed by atoms with van der Waals surface area (Å²) in [6.07, 6.45) is 0.131. The zero-order valence-electron chi connectivity index (χ0n) is 8.91. The average molecular weight is 226 g/mol. The molecule has 0 aliphatic rings. The summed E-state index contributed by atoms with van der Waals surface area (Å²) in [4.78, 5) is 11.1. The number of ether oxygens (including phenoxy) is 1. The van der Waals surface area contributed by atoms with Crippen LogP contribution in [0.1, 0.15) is 12.0 Å². The highest BCUT2D eigenvalue weighted by molar-refractivity contribution is 5.67. The van der Waals surface area contributed by atoms with E-state index in [1.54, 1.807) is 18.2 Å². The largest absolute Gasteiger partial charge is 0.445 e. The van der Waals surface area contributed by atoms with Crippen LogP contribution in [0.3, 0.4) is 0 Å². The lowest BCUT2D eigenvalue weighted by molar-refractivity contribution is 0.138. The van der Waals surface area contributed by atoms with Gasteiger partial charge >= 0.3 is 6.09 Å². The average Bonchev–Trinajstić information content (AvgIpc) is 2.28. The van der Waals surface area contributed by atoms with E-state index in [9.17, 15) is 9.18 Å². The normalized spacial score (nSPS) is 9.88. The van der Waals surface area contributed by atoms with E-state index in [0.717, 1.165) is 0 Å². The van der Waals surface area contributed by atoms with E-state index in [-0.39, 0.29) is 12.4 Å². The van der Waals surface area contributed by atoms with Gasteiger partial charge < -0.3 is 15.8 Å². The number of hydrogen-bond donors (Lipinski definition) is 2. The highest BCUT2D eigenvalue weighted by atomic mass is 19.1. The molecule has 0 bridgehead atoms. The summed E-state index contributed by atoms with van der Waals surface area (Å²) in [5, 5.41) is 2.51. The molecule has 0 atom stereocenters. The lowest BCUT2D eigenvalue weighted by atomic mass is 10.2. The van der Waals surface area contributed by atoms with Gasteiger partial charge in [-0.25, -0.2) is 9.18 Å². The van der Waals surface area contributed by atoms with Crippen LogP contribution in [0.25, 0.3) is 0 Å². The summed E-state index contributed by atoms with van der Waals surface area (Å²) < 4.78 is 17.9. The first-order valence-electron chi connectivity index (χ1n) is 5.08. The van der Waals surface area contributed by atoms with Gasteiger partial charge in [-0.3, -0.25) is 0 Å². The van der Waals surface area contributed by atoms with Gasteiger partial charge in [0.2, 0.25) is 0 Å². The van der Waals surface area contributed by atoms with E-state index in [1.807, 2.05) is 0 Å². The molecule has 1 aromatic rings. The minimum atomic E-state index is -0.559. The van der Waals surface area contributed by atoms with Crippen molar-refractivity contribution >= 4 is 6.09 Å². The number of nitrogens with two attached hydrogens (primary N) is 1. The van der Waals surface area contributed by atoms with Crippen LogP contribution in [0, 0.1) is 5.82 Å². The fourth-order valence-corrected chi connectivity index (χ4v) is 1.10. The van der Waals surface area contributed by atoms with Crippen molar-refractivity contribution in [3.8, 4) is 0 Å². The predicted octanol–water partition coefficient (Wildman–Crippen LogP) is 1.40. The zero-order valence-corrected chi connectivity index (χ0v) is 8.91. The van der Waals surface area contributed by atoms with Crippen LogP contribution in [0.15, 0.2) is 24.3 Å². The maximum atomic E-state index is 13.1. The number of nitrogens with one attached hydrogen (secondary N) is 1. The number of carbonyl (C=O) groups excluding carboxylic acids is 1. The molecule has 3 N–H and O–H groups in total.